The Morgan fingerprint density at radius 2 is 2.14 bits per heavy atom. The molecule has 2 nitrogen and oxygen atoms in total. The maximum Gasteiger partial charge on any atom is 0.124 e. The molecule has 1 unspecified atom stereocenters. The van der Waals surface area contributed by atoms with E-state index in [0.717, 1.165) is 10.9 Å². The molecule has 0 fully saturated rings. The van der Waals surface area contributed by atoms with E-state index in [1.807, 2.05) is 19.2 Å². The molecule has 0 amide bonds. The summed E-state index contributed by atoms with van der Waals surface area (Å²) in [5.41, 5.74) is 1.14. The first kappa shape index (κ1) is 11.7. The Morgan fingerprint density at radius 1 is 1.50 bits per heavy atom. The molecule has 4 heteroatoms. The van der Waals surface area contributed by atoms with Crippen LogP contribution >= 0.6 is 9.24 Å². The lowest BCUT2D eigenvalue weighted by atomic mass is 10.4. The molecular weight excluding hydrogens is 209 g/mol. The average molecular weight is 227 g/mol. The summed E-state index contributed by atoms with van der Waals surface area (Å²) in [5.74, 6) is 0.263. The molecule has 1 heterocycles. The van der Waals surface area contributed by atoms with Crippen LogP contribution in [0.3, 0.4) is 0 Å². The Labute approximate surface area is 89.0 Å². The van der Waals surface area contributed by atoms with E-state index in [2.05, 4.69) is 33.9 Å². The van der Waals surface area contributed by atoms with Crippen LogP contribution < -0.4 is 5.38 Å². The van der Waals surface area contributed by atoms with Crippen molar-refractivity contribution in [2.75, 3.05) is 0 Å². The summed E-state index contributed by atoms with van der Waals surface area (Å²) in [6.45, 7) is 8.85. The van der Waals surface area contributed by atoms with Crippen LogP contribution in [0.25, 0.3) is 0 Å². The summed E-state index contributed by atoms with van der Waals surface area (Å²) in [4.78, 5) is 4.34. The molecule has 0 aliphatic carbocycles. The standard InChI is InChI=1S/C10H18NOPSi/c1-8(13)11-7-9-5-6-12-10(9)14(2,3)4/h5-8H,13H2,1-4H3/t8-/m1/s1. The lowest BCUT2D eigenvalue weighted by Crippen LogP contribution is -2.38. The van der Waals surface area contributed by atoms with Gasteiger partial charge in [0.15, 0.2) is 0 Å². The Morgan fingerprint density at radius 3 is 2.64 bits per heavy atom. The van der Waals surface area contributed by atoms with Gasteiger partial charge in [-0.15, -0.1) is 9.24 Å². The van der Waals surface area contributed by atoms with Gasteiger partial charge in [0, 0.05) is 11.8 Å². The second-order valence-electron chi connectivity index (χ2n) is 4.47. The highest BCUT2D eigenvalue weighted by Crippen LogP contribution is 2.07. The third kappa shape index (κ3) is 3.07. The third-order valence-electron chi connectivity index (χ3n) is 1.83. The topological polar surface area (TPSA) is 25.5 Å². The largest absolute Gasteiger partial charge is 0.474 e. The van der Waals surface area contributed by atoms with E-state index < -0.39 is 8.07 Å². The predicted molar refractivity (Wildman–Crippen MR) is 68.5 cm³/mol. The molecule has 0 saturated carbocycles. The van der Waals surface area contributed by atoms with Gasteiger partial charge in [-0.25, -0.2) is 0 Å². The normalized spacial score (nSPS) is 14.9. The first-order valence-corrected chi connectivity index (χ1v) is 8.94. The zero-order valence-electron chi connectivity index (χ0n) is 9.24. The molecule has 0 N–H and O–H groups in total. The monoisotopic (exact) mass is 227 g/mol. The van der Waals surface area contributed by atoms with Crippen molar-refractivity contribution < 1.29 is 4.42 Å². The van der Waals surface area contributed by atoms with Gasteiger partial charge in [0.25, 0.3) is 0 Å². The fraction of sp³-hybridized carbons (Fsp3) is 0.500. The van der Waals surface area contributed by atoms with Gasteiger partial charge >= 0.3 is 0 Å². The van der Waals surface area contributed by atoms with Gasteiger partial charge < -0.3 is 4.42 Å². The van der Waals surface area contributed by atoms with Crippen LogP contribution in [0.15, 0.2) is 21.7 Å². The fourth-order valence-electron chi connectivity index (χ4n) is 1.23. The molecule has 2 atom stereocenters. The SMILES string of the molecule is C[C@@H](P)N=Cc1ccoc1[Si](C)(C)C. The number of hydrogen-bond donors (Lipinski definition) is 0. The van der Waals surface area contributed by atoms with Crippen LogP contribution in [0.4, 0.5) is 0 Å². The molecule has 0 saturated heterocycles. The average Bonchev–Trinajstić information content (AvgIpc) is 2.46. The van der Waals surface area contributed by atoms with Crippen molar-refractivity contribution in [2.24, 2.45) is 4.99 Å². The molecular formula is C10H18NOPSi. The molecule has 0 aromatic carbocycles. The number of aliphatic imine (C=N–C) groups is 1. The first-order valence-electron chi connectivity index (χ1n) is 4.78. The number of furan rings is 1. The van der Waals surface area contributed by atoms with Gasteiger partial charge in [0.2, 0.25) is 0 Å². The molecule has 1 aromatic rings. The number of hydrogen-bond acceptors (Lipinski definition) is 2. The molecule has 14 heavy (non-hydrogen) atoms. The summed E-state index contributed by atoms with van der Waals surface area (Å²) < 4.78 is 5.53. The summed E-state index contributed by atoms with van der Waals surface area (Å²) in [6, 6.07) is 1.99. The maximum absolute atomic E-state index is 5.53. The van der Waals surface area contributed by atoms with Crippen LogP contribution in [-0.2, 0) is 0 Å². The summed E-state index contributed by atoms with van der Waals surface area (Å²) >= 11 is 0. The van der Waals surface area contributed by atoms with Crippen molar-refractivity contribution in [2.45, 2.75) is 32.3 Å². The lowest BCUT2D eigenvalue weighted by molar-refractivity contribution is 0.597. The van der Waals surface area contributed by atoms with E-state index in [9.17, 15) is 0 Å². The third-order valence-corrected chi connectivity index (χ3v) is 3.77. The number of nitrogens with zero attached hydrogens (tertiary/aromatic N) is 1. The van der Waals surface area contributed by atoms with Gasteiger partial charge in [0.1, 0.15) is 8.07 Å². The highest BCUT2D eigenvalue weighted by molar-refractivity contribution is 7.17. The minimum atomic E-state index is -1.36. The smallest absolute Gasteiger partial charge is 0.124 e. The zero-order chi connectivity index (χ0) is 10.8. The molecule has 1 rings (SSSR count). The minimum Gasteiger partial charge on any atom is -0.474 e. The van der Waals surface area contributed by atoms with Crippen molar-refractivity contribution in [3.63, 3.8) is 0 Å². The van der Waals surface area contributed by atoms with Gasteiger partial charge in [-0.05, 0) is 13.0 Å². The summed E-state index contributed by atoms with van der Waals surface area (Å²) in [7, 11) is 1.29. The van der Waals surface area contributed by atoms with Crippen molar-refractivity contribution in [1.82, 2.24) is 0 Å². The van der Waals surface area contributed by atoms with Crippen molar-refractivity contribution in [3.8, 4) is 0 Å². The molecule has 0 aliphatic heterocycles. The molecule has 0 aliphatic rings. The Kier molecular flexibility index (Phi) is 3.68. The Bertz CT molecular complexity index is 325. The van der Waals surface area contributed by atoms with Crippen LogP contribution in [0, 0.1) is 0 Å². The minimum absolute atomic E-state index is 0.263. The van der Waals surface area contributed by atoms with Crippen molar-refractivity contribution in [3.05, 3.63) is 17.9 Å². The highest BCUT2D eigenvalue weighted by Gasteiger charge is 2.23. The lowest BCUT2D eigenvalue weighted by Gasteiger charge is -2.13. The van der Waals surface area contributed by atoms with Gasteiger partial charge in [-0.1, -0.05) is 19.6 Å². The van der Waals surface area contributed by atoms with E-state index in [0.29, 0.717) is 0 Å². The Hall–Kier alpha value is -0.403. The second kappa shape index (κ2) is 4.41. The quantitative estimate of drug-likeness (QED) is 0.442. The molecule has 0 bridgehead atoms. The van der Waals surface area contributed by atoms with E-state index in [-0.39, 0.29) is 5.78 Å². The molecule has 78 valence electrons. The summed E-state index contributed by atoms with van der Waals surface area (Å²) in [6.07, 6.45) is 3.66. The van der Waals surface area contributed by atoms with Gasteiger partial charge in [-0.3, -0.25) is 4.99 Å². The van der Waals surface area contributed by atoms with Gasteiger partial charge in [-0.2, -0.15) is 0 Å². The van der Waals surface area contributed by atoms with Crippen LogP contribution in [0.5, 0.6) is 0 Å². The predicted octanol–water partition coefficient (Wildman–Crippen LogP) is 2.46. The molecule has 1 aromatic heterocycles. The summed E-state index contributed by atoms with van der Waals surface area (Å²) in [5, 5.41) is 1.13. The van der Waals surface area contributed by atoms with Crippen molar-refractivity contribution in [1.29, 1.82) is 0 Å². The first-order chi connectivity index (χ1) is 6.41. The van der Waals surface area contributed by atoms with Crippen LogP contribution in [-0.4, -0.2) is 20.1 Å². The maximum atomic E-state index is 5.53. The second-order valence-corrected chi connectivity index (χ2v) is 10.4. The van der Waals surface area contributed by atoms with Crippen LogP contribution in [0.1, 0.15) is 12.5 Å². The van der Waals surface area contributed by atoms with Crippen molar-refractivity contribution >= 4 is 28.9 Å². The van der Waals surface area contributed by atoms with E-state index >= 15 is 0 Å². The zero-order valence-corrected chi connectivity index (χ0v) is 11.4. The van der Waals surface area contributed by atoms with E-state index in [1.165, 1.54) is 0 Å². The Balaban J connectivity index is 2.94. The van der Waals surface area contributed by atoms with E-state index in [4.69, 9.17) is 4.42 Å². The highest BCUT2D eigenvalue weighted by atomic mass is 31.0. The van der Waals surface area contributed by atoms with E-state index in [1.54, 1.807) is 6.26 Å². The number of rotatable bonds is 3. The molecule has 0 radical (unpaired) electrons. The fourth-order valence-corrected chi connectivity index (χ4v) is 2.75. The van der Waals surface area contributed by atoms with Gasteiger partial charge in [0.05, 0.1) is 17.4 Å². The molecule has 0 spiro atoms. The van der Waals surface area contributed by atoms with Crippen LogP contribution in [0.2, 0.25) is 19.6 Å².